The summed E-state index contributed by atoms with van der Waals surface area (Å²) in [5.41, 5.74) is 1.62. The molecule has 94 valence electrons. The highest BCUT2D eigenvalue weighted by molar-refractivity contribution is 5.90. The van der Waals surface area contributed by atoms with Crippen LogP contribution in [0.3, 0.4) is 0 Å². The molecule has 0 radical (unpaired) electrons. The van der Waals surface area contributed by atoms with Gasteiger partial charge < -0.3 is 9.64 Å². The van der Waals surface area contributed by atoms with Crippen LogP contribution < -0.4 is 0 Å². The van der Waals surface area contributed by atoms with Gasteiger partial charge in [0.15, 0.2) is 0 Å². The van der Waals surface area contributed by atoms with E-state index in [-0.39, 0.29) is 5.97 Å². The summed E-state index contributed by atoms with van der Waals surface area (Å²) in [5, 5.41) is 0. The van der Waals surface area contributed by atoms with Crippen LogP contribution in [0.4, 0.5) is 0 Å². The highest BCUT2D eigenvalue weighted by Crippen LogP contribution is 2.08. The second kappa shape index (κ2) is 7.07. The predicted octanol–water partition coefficient (Wildman–Crippen LogP) is 2.49. The molecule has 0 aliphatic carbocycles. The van der Waals surface area contributed by atoms with Gasteiger partial charge in [0.2, 0.25) is 0 Å². The molecule has 1 rings (SSSR count). The molecule has 0 amide bonds. The van der Waals surface area contributed by atoms with Crippen LogP contribution >= 0.6 is 0 Å². The Bertz CT molecular complexity index is 359. The number of ether oxygens (including phenoxy) is 1. The van der Waals surface area contributed by atoms with E-state index in [1.807, 2.05) is 25.1 Å². The highest BCUT2D eigenvalue weighted by Gasteiger charge is 2.09. The summed E-state index contributed by atoms with van der Waals surface area (Å²) < 4.78 is 5.26. The number of esters is 1. The molecule has 0 bridgehead atoms. The van der Waals surface area contributed by atoms with Gasteiger partial charge in [-0.2, -0.15) is 0 Å². The summed E-state index contributed by atoms with van der Waals surface area (Å²) in [5.74, 6) is -0.227. The van der Waals surface area contributed by atoms with E-state index in [4.69, 9.17) is 4.74 Å². The molecule has 0 saturated heterocycles. The number of benzene rings is 1. The average Bonchev–Trinajstić information content (AvgIpc) is 2.35. The SMILES string of the molecule is CCN(CC)CCOC(=O)c1ccccc1C. The van der Waals surface area contributed by atoms with Crippen molar-refractivity contribution in [3.8, 4) is 0 Å². The number of likely N-dealkylation sites (N-methyl/N-ethyl adjacent to an activating group) is 1. The fraction of sp³-hybridized carbons (Fsp3) is 0.500. The first kappa shape index (κ1) is 13.7. The first-order chi connectivity index (χ1) is 8.19. The van der Waals surface area contributed by atoms with Gasteiger partial charge in [-0.3, -0.25) is 0 Å². The molecule has 3 nitrogen and oxygen atoms in total. The molecule has 0 unspecified atom stereocenters. The number of carbonyl (C=O) groups excluding carboxylic acids is 1. The number of hydrogen-bond acceptors (Lipinski definition) is 3. The van der Waals surface area contributed by atoms with Gasteiger partial charge in [0.1, 0.15) is 6.61 Å². The van der Waals surface area contributed by atoms with E-state index in [9.17, 15) is 4.79 Å². The Morgan fingerprint density at radius 3 is 2.47 bits per heavy atom. The van der Waals surface area contributed by atoms with Crippen molar-refractivity contribution in [2.24, 2.45) is 0 Å². The largest absolute Gasteiger partial charge is 0.461 e. The van der Waals surface area contributed by atoms with Crippen LogP contribution in [0.1, 0.15) is 29.8 Å². The van der Waals surface area contributed by atoms with Crippen LogP contribution in [-0.2, 0) is 4.74 Å². The van der Waals surface area contributed by atoms with Gasteiger partial charge in [0.05, 0.1) is 5.56 Å². The summed E-state index contributed by atoms with van der Waals surface area (Å²) in [6, 6.07) is 7.49. The summed E-state index contributed by atoms with van der Waals surface area (Å²) in [6.07, 6.45) is 0. The monoisotopic (exact) mass is 235 g/mol. The highest BCUT2D eigenvalue weighted by atomic mass is 16.5. The molecule has 3 heteroatoms. The van der Waals surface area contributed by atoms with E-state index in [1.165, 1.54) is 0 Å². The lowest BCUT2D eigenvalue weighted by atomic mass is 10.1. The first-order valence-corrected chi connectivity index (χ1v) is 6.14. The van der Waals surface area contributed by atoms with Crippen LogP contribution in [0, 0.1) is 6.92 Å². The molecular formula is C14H21NO2. The zero-order valence-electron chi connectivity index (χ0n) is 10.9. The normalized spacial score (nSPS) is 10.6. The van der Waals surface area contributed by atoms with E-state index in [0.29, 0.717) is 12.2 Å². The van der Waals surface area contributed by atoms with Gasteiger partial charge in [0.25, 0.3) is 0 Å². The maximum Gasteiger partial charge on any atom is 0.338 e. The van der Waals surface area contributed by atoms with E-state index in [2.05, 4.69) is 18.7 Å². The Balaban J connectivity index is 2.43. The molecule has 0 heterocycles. The fourth-order valence-electron chi connectivity index (χ4n) is 1.69. The fourth-order valence-corrected chi connectivity index (χ4v) is 1.69. The van der Waals surface area contributed by atoms with E-state index < -0.39 is 0 Å². The average molecular weight is 235 g/mol. The Kier molecular flexibility index (Phi) is 5.70. The van der Waals surface area contributed by atoms with Crippen molar-refractivity contribution in [1.29, 1.82) is 0 Å². The van der Waals surface area contributed by atoms with E-state index in [0.717, 1.165) is 25.2 Å². The van der Waals surface area contributed by atoms with Crippen LogP contribution in [0.2, 0.25) is 0 Å². The predicted molar refractivity (Wildman–Crippen MR) is 69.2 cm³/mol. The Morgan fingerprint density at radius 2 is 1.88 bits per heavy atom. The maximum absolute atomic E-state index is 11.8. The Labute approximate surface area is 103 Å². The lowest BCUT2D eigenvalue weighted by Gasteiger charge is -2.17. The van der Waals surface area contributed by atoms with Gasteiger partial charge >= 0.3 is 5.97 Å². The van der Waals surface area contributed by atoms with Gasteiger partial charge in [0, 0.05) is 6.54 Å². The summed E-state index contributed by atoms with van der Waals surface area (Å²) in [4.78, 5) is 14.0. The van der Waals surface area contributed by atoms with Crippen molar-refractivity contribution in [2.45, 2.75) is 20.8 Å². The van der Waals surface area contributed by atoms with Gasteiger partial charge in [-0.1, -0.05) is 32.0 Å². The molecule has 0 fully saturated rings. The minimum absolute atomic E-state index is 0.227. The smallest absolute Gasteiger partial charge is 0.338 e. The van der Waals surface area contributed by atoms with Crippen LogP contribution in [-0.4, -0.2) is 37.1 Å². The minimum atomic E-state index is -0.227. The lowest BCUT2D eigenvalue weighted by molar-refractivity contribution is 0.0465. The number of hydrogen-bond donors (Lipinski definition) is 0. The minimum Gasteiger partial charge on any atom is -0.461 e. The molecule has 0 spiro atoms. The van der Waals surface area contributed by atoms with Gasteiger partial charge in [-0.05, 0) is 31.6 Å². The summed E-state index contributed by atoms with van der Waals surface area (Å²) in [7, 11) is 0. The Hall–Kier alpha value is -1.35. The Morgan fingerprint density at radius 1 is 1.24 bits per heavy atom. The molecule has 1 aromatic carbocycles. The zero-order valence-corrected chi connectivity index (χ0v) is 10.9. The molecule has 1 aromatic rings. The standard InChI is InChI=1S/C14H21NO2/c1-4-15(5-2)10-11-17-14(16)13-9-7-6-8-12(13)3/h6-9H,4-5,10-11H2,1-3H3. The molecule has 0 saturated carbocycles. The third kappa shape index (κ3) is 4.19. The lowest BCUT2D eigenvalue weighted by Crippen LogP contribution is -2.28. The van der Waals surface area contributed by atoms with Gasteiger partial charge in [-0.15, -0.1) is 0 Å². The topological polar surface area (TPSA) is 29.5 Å². The summed E-state index contributed by atoms with van der Waals surface area (Å²) >= 11 is 0. The van der Waals surface area contributed by atoms with Crippen molar-refractivity contribution in [3.63, 3.8) is 0 Å². The second-order valence-electron chi connectivity index (χ2n) is 3.98. The molecule has 0 aliphatic rings. The van der Waals surface area contributed by atoms with Crippen LogP contribution in [0.25, 0.3) is 0 Å². The number of aryl methyl sites for hydroxylation is 1. The quantitative estimate of drug-likeness (QED) is 0.709. The molecular weight excluding hydrogens is 214 g/mol. The molecule has 0 atom stereocenters. The number of carbonyl (C=O) groups is 1. The molecule has 17 heavy (non-hydrogen) atoms. The molecule has 0 aliphatic heterocycles. The van der Waals surface area contributed by atoms with Gasteiger partial charge in [-0.25, -0.2) is 4.79 Å². The first-order valence-electron chi connectivity index (χ1n) is 6.14. The van der Waals surface area contributed by atoms with Crippen LogP contribution in [0.5, 0.6) is 0 Å². The number of nitrogens with zero attached hydrogens (tertiary/aromatic N) is 1. The second-order valence-corrected chi connectivity index (χ2v) is 3.98. The van der Waals surface area contributed by atoms with Crippen molar-refractivity contribution in [2.75, 3.05) is 26.2 Å². The zero-order chi connectivity index (χ0) is 12.7. The van der Waals surface area contributed by atoms with Crippen molar-refractivity contribution in [1.82, 2.24) is 4.90 Å². The van der Waals surface area contributed by atoms with E-state index >= 15 is 0 Å². The van der Waals surface area contributed by atoms with Crippen molar-refractivity contribution in [3.05, 3.63) is 35.4 Å². The van der Waals surface area contributed by atoms with E-state index in [1.54, 1.807) is 6.07 Å². The van der Waals surface area contributed by atoms with Crippen molar-refractivity contribution < 1.29 is 9.53 Å². The molecule has 0 N–H and O–H groups in total. The van der Waals surface area contributed by atoms with Crippen molar-refractivity contribution >= 4 is 5.97 Å². The number of rotatable bonds is 6. The summed E-state index contributed by atoms with van der Waals surface area (Å²) in [6.45, 7) is 9.34. The maximum atomic E-state index is 11.8. The third-order valence-corrected chi connectivity index (χ3v) is 2.90. The molecule has 0 aromatic heterocycles. The third-order valence-electron chi connectivity index (χ3n) is 2.90. The van der Waals surface area contributed by atoms with Crippen LogP contribution in [0.15, 0.2) is 24.3 Å².